The minimum atomic E-state index is -0.630. The summed E-state index contributed by atoms with van der Waals surface area (Å²) in [6.45, 7) is 9.51. The van der Waals surface area contributed by atoms with Gasteiger partial charge in [0.05, 0.1) is 23.1 Å². The standard InChI is InChI=1S/C22H26BrFN2O2/c1-6-8-18-20(21(27)28-22(4,5)7-2)19(16(12-25)13(3)26-18)15-10-9-14(24)11-17(15)23/h9-11,19,26H,6-8H2,1-5H3. The summed E-state index contributed by atoms with van der Waals surface area (Å²) in [7, 11) is 0. The normalized spacial score (nSPS) is 17.3. The summed E-state index contributed by atoms with van der Waals surface area (Å²) in [5.41, 5.74) is 2.31. The lowest BCUT2D eigenvalue weighted by Gasteiger charge is -2.32. The number of benzene rings is 1. The van der Waals surface area contributed by atoms with Gasteiger partial charge in [0, 0.05) is 15.9 Å². The zero-order chi connectivity index (χ0) is 21.1. The van der Waals surface area contributed by atoms with Gasteiger partial charge < -0.3 is 10.1 Å². The van der Waals surface area contributed by atoms with E-state index in [9.17, 15) is 14.4 Å². The number of dihydropyridines is 1. The molecule has 0 fully saturated rings. The third-order valence-corrected chi connectivity index (χ3v) is 5.67. The maximum Gasteiger partial charge on any atom is 0.337 e. The molecule has 1 heterocycles. The highest BCUT2D eigenvalue weighted by atomic mass is 79.9. The molecule has 0 amide bonds. The molecule has 28 heavy (non-hydrogen) atoms. The number of hydrogen-bond donors (Lipinski definition) is 1. The first-order valence-corrected chi connectivity index (χ1v) is 10.2. The Balaban J connectivity index is 2.69. The van der Waals surface area contributed by atoms with Gasteiger partial charge in [0.1, 0.15) is 11.4 Å². The van der Waals surface area contributed by atoms with Crippen molar-refractivity contribution in [2.75, 3.05) is 0 Å². The summed E-state index contributed by atoms with van der Waals surface area (Å²) in [6.07, 6.45) is 2.12. The van der Waals surface area contributed by atoms with Gasteiger partial charge in [-0.2, -0.15) is 5.26 Å². The average Bonchev–Trinajstić information content (AvgIpc) is 2.61. The van der Waals surface area contributed by atoms with E-state index in [1.165, 1.54) is 12.1 Å². The molecular weight excluding hydrogens is 423 g/mol. The minimum absolute atomic E-state index is 0.391. The summed E-state index contributed by atoms with van der Waals surface area (Å²) < 4.78 is 20.0. The number of hydrogen-bond acceptors (Lipinski definition) is 4. The van der Waals surface area contributed by atoms with Gasteiger partial charge in [-0.1, -0.05) is 42.3 Å². The van der Waals surface area contributed by atoms with E-state index >= 15 is 0 Å². The van der Waals surface area contributed by atoms with Crippen LogP contribution in [-0.2, 0) is 9.53 Å². The summed E-state index contributed by atoms with van der Waals surface area (Å²) >= 11 is 3.40. The van der Waals surface area contributed by atoms with E-state index in [4.69, 9.17) is 4.74 Å². The molecule has 1 aliphatic rings. The number of halogens is 2. The molecule has 1 aliphatic heterocycles. The molecule has 0 aliphatic carbocycles. The van der Waals surface area contributed by atoms with E-state index in [1.807, 2.05) is 34.6 Å². The molecule has 4 nitrogen and oxygen atoms in total. The van der Waals surface area contributed by atoms with Crippen LogP contribution >= 0.6 is 15.9 Å². The molecule has 0 aromatic heterocycles. The number of ether oxygens (including phenoxy) is 1. The summed E-state index contributed by atoms with van der Waals surface area (Å²) in [6, 6.07) is 6.53. The van der Waals surface area contributed by atoms with Crippen LogP contribution in [0.5, 0.6) is 0 Å². The van der Waals surface area contributed by atoms with Gasteiger partial charge in [0.25, 0.3) is 0 Å². The highest BCUT2D eigenvalue weighted by Crippen LogP contribution is 2.42. The zero-order valence-electron chi connectivity index (χ0n) is 17.0. The van der Waals surface area contributed by atoms with Crippen LogP contribution in [0, 0.1) is 17.1 Å². The molecule has 0 saturated carbocycles. The van der Waals surface area contributed by atoms with Crippen molar-refractivity contribution in [3.8, 4) is 6.07 Å². The third-order valence-electron chi connectivity index (χ3n) is 4.98. The summed E-state index contributed by atoms with van der Waals surface area (Å²) in [5, 5.41) is 13.1. The SMILES string of the molecule is CCCC1=C(C(=O)OC(C)(C)CC)C(c2ccc(F)cc2Br)C(C#N)=C(C)N1. The third kappa shape index (κ3) is 4.64. The first-order valence-electron chi connectivity index (χ1n) is 9.44. The molecule has 0 saturated heterocycles. The van der Waals surface area contributed by atoms with E-state index in [2.05, 4.69) is 27.3 Å². The lowest BCUT2D eigenvalue weighted by atomic mass is 9.80. The fourth-order valence-electron chi connectivity index (χ4n) is 3.16. The van der Waals surface area contributed by atoms with Gasteiger partial charge in [0.2, 0.25) is 0 Å². The Morgan fingerprint density at radius 3 is 2.61 bits per heavy atom. The van der Waals surface area contributed by atoms with Crippen molar-refractivity contribution in [1.29, 1.82) is 5.26 Å². The summed E-state index contributed by atoms with van der Waals surface area (Å²) in [4.78, 5) is 13.2. The van der Waals surface area contributed by atoms with Crippen molar-refractivity contribution in [2.24, 2.45) is 0 Å². The minimum Gasteiger partial charge on any atom is -0.456 e. The number of esters is 1. The monoisotopic (exact) mass is 448 g/mol. The van der Waals surface area contributed by atoms with E-state index in [0.717, 1.165) is 12.1 Å². The Morgan fingerprint density at radius 1 is 1.39 bits per heavy atom. The van der Waals surface area contributed by atoms with Gasteiger partial charge in [-0.15, -0.1) is 0 Å². The van der Waals surface area contributed by atoms with E-state index in [1.54, 1.807) is 6.07 Å². The van der Waals surface area contributed by atoms with Gasteiger partial charge in [-0.05, 0) is 51.3 Å². The highest BCUT2D eigenvalue weighted by Gasteiger charge is 2.37. The van der Waals surface area contributed by atoms with Crippen molar-refractivity contribution < 1.29 is 13.9 Å². The van der Waals surface area contributed by atoms with Crippen molar-refractivity contribution in [2.45, 2.75) is 65.4 Å². The van der Waals surface area contributed by atoms with Crippen LogP contribution in [0.3, 0.4) is 0 Å². The molecule has 1 aromatic carbocycles. The molecule has 0 spiro atoms. The number of nitrogens with zero attached hydrogens (tertiary/aromatic N) is 1. The predicted molar refractivity (Wildman–Crippen MR) is 111 cm³/mol. The Morgan fingerprint density at radius 2 is 2.07 bits per heavy atom. The largest absolute Gasteiger partial charge is 0.456 e. The van der Waals surface area contributed by atoms with Gasteiger partial charge in [0.15, 0.2) is 0 Å². The van der Waals surface area contributed by atoms with Crippen LogP contribution in [0.25, 0.3) is 0 Å². The van der Waals surface area contributed by atoms with Crippen molar-refractivity contribution in [3.63, 3.8) is 0 Å². The predicted octanol–water partition coefficient (Wildman–Crippen LogP) is 5.86. The van der Waals surface area contributed by atoms with Gasteiger partial charge >= 0.3 is 5.97 Å². The first kappa shape index (κ1) is 22.2. The number of nitrogens with one attached hydrogen (secondary N) is 1. The molecule has 1 unspecified atom stereocenters. The molecule has 6 heteroatoms. The van der Waals surface area contributed by atoms with Crippen LogP contribution in [0.4, 0.5) is 4.39 Å². The lowest BCUT2D eigenvalue weighted by Crippen LogP contribution is -2.34. The number of allylic oxidation sites excluding steroid dienone is 3. The molecule has 150 valence electrons. The van der Waals surface area contributed by atoms with E-state index in [-0.39, 0.29) is 0 Å². The maximum absolute atomic E-state index is 13.7. The Kier molecular flexibility index (Phi) is 7.06. The fourth-order valence-corrected chi connectivity index (χ4v) is 3.74. The second kappa shape index (κ2) is 8.91. The Labute approximate surface area is 174 Å². The lowest BCUT2D eigenvalue weighted by molar-refractivity contribution is -0.152. The fraction of sp³-hybridized carbons (Fsp3) is 0.455. The highest BCUT2D eigenvalue weighted by molar-refractivity contribution is 9.10. The molecule has 1 aromatic rings. The first-order chi connectivity index (χ1) is 13.1. The second-order valence-electron chi connectivity index (χ2n) is 7.52. The van der Waals surface area contributed by atoms with Gasteiger partial charge in [-0.3, -0.25) is 0 Å². The second-order valence-corrected chi connectivity index (χ2v) is 8.37. The molecule has 2 rings (SSSR count). The molecule has 1 N–H and O–H groups in total. The van der Waals surface area contributed by atoms with E-state index < -0.39 is 23.3 Å². The van der Waals surface area contributed by atoms with Crippen LogP contribution < -0.4 is 5.32 Å². The zero-order valence-corrected chi connectivity index (χ0v) is 18.5. The van der Waals surface area contributed by atoms with Crippen molar-refractivity contribution >= 4 is 21.9 Å². The Bertz CT molecular complexity index is 881. The molecule has 0 radical (unpaired) electrons. The summed E-state index contributed by atoms with van der Waals surface area (Å²) in [5.74, 6) is -1.47. The van der Waals surface area contributed by atoms with Crippen molar-refractivity contribution in [3.05, 3.63) is 56.6 Å². The smallest absolute Gasteiger partial charge is 0.337 e. The van der Waals surface area contributed by atoms with Gasteiger partial charge in [-0.25, -0.2) is 9.18 Å². The molecular formula is C22H26BrFN2O2. The quantitative estimate of drug-likeness (QED) is 0.553. The Hall–Kier alpha value is -2.13. The molecule has 0 bridgehead atoms. The van der Waals surface area contributed by atoms with Crippen LogP contribution in [0.15, 0.2) is 45.2 Å². The van der Waals surface area contributed by atoms with Crippen LogP contribution in [0.2, 0.25) is 0 Å². The average molecular weight is 449 g/mol. The number of carbonyl (C=O) groups is 1. The van der Waals surface area contributed by atoms with E-state index in [0.29, 0.717) is 39.7 Å². The number of carbonyl (C=O) groups excluding carboxylic acids is 1. The number of nitriles is 1. The van der Waals surface area contributed by atoms with Crippen LogP contribution in [-0.4, -0.2) is 11.6 Å². The molecule has 1 atom stereocenters. The maximum atomic E-state index is 13.7. The number of rotatable bonds is 6. The van der Waals surface area contributed by atoms with Crippen molar-refractivity contribution in [1.82, 2.24) is 5.32 Å². The van der Waals surface area contributed by atoms with Crippen LogP contribution in [0.1, 0.15) is 65.4 Å². The topological polar surface area (TPSA) is 62.1 Å².